The monoisotopic (exact) mass is 321 g/mol. The molecule has 1 aromatic carbocycles. The number of hydrogen-bond acceptors (Lipinski definition) is 3. The molecule has 110 valence electrons. The van der Waals surface area contributed by atoms with Crippen molar-refractivity contribution >= 4 is 27.6 Å². The quantitative estimate of drug-likeness (QED) is 0.869. The molecule has 1 fully saturated rings. The predicted octanol–water partition coefficient (Wildman–Crippen LogP) is 2.01. The summed E-state index contributed by atoms with van der Waals surface area (Å²) in [7, 11) is -3.91. The van der Waals surface area contributed by atoms with Crippen molar-refractivity contribution in [3.8, 4) is 0 Å². The van der Waals surface area contributed by atoms with Crippen LogP contribution in [-0.2, 0) is 14.8 Å². The molecule has 0 bridgehead atoms. The van der Waals surface area contributed by atoms with Crippen LogP contribution in [0.1, 0.15) is 19.3 Å². The van der Waals surface area contributed by atoms with Crippen LogP contribution in [0.3, 0.4) is 0 Å². The van der Waals surface area contributed by atoms with Crippen molar-refractivity contribution in [2.75, 3.05) is 6.54 Å². The van der Waals surface area contributed by atoms with Crippen LogP contribution in [0.2, 0.25) is 5.02 Å². The maximum atomic E-state index is 13.0. The van der Waals surface area contributed by atoms with E-state index in [-0.39, 0.29) is 16.5 Å². The zero-order chi connectivity index (χ0) is 15.0. The highest BCUT2D eigenvalue weighted by atomic mass is 35.5. The third-order valence-corrected chi connectivity index (χ3v) is 5.25. The van der Waals surface area contributed by atoms with Gasteiger partial charge in [-0.3, -0.25) is 4.79 Å². The number of nitrogens with one attached hydrogen (secondary N) is 1. The zero-order valence-corrected chi connectivity index (χ0v) is 12.0. The number of carbonyl (C=O) groups is 1. The Morgan fingerprint density at radius 3 is 2.55 bits per heavy atom. The third-order valence-electron chi connectivity index (χ3n) is 3.57. The molecular weight excluding hydrogens is 309 g/mol. The van der Waals surface area contributed by atoms with Gasteiger partial charge in [0.15, 0.2) is 0 Å². The standard InChI is InChI=1S/C12H13ClFNO4S/c13-9-6-8(2-3-10(9)14)20(18,19)15-7-12(11(16)17)4-1-5-12/h2-3,6,15H,1,4-5,7H2,(H,16,17). The van der Waals surface area contributed by atoms with Crippen LogP contribution in [0.4, 0.5) is 4.39 Å². The molecule has 0 spiro atoms. The molecule has 1 aliphatic carbocycles. The van der Waals surface area contributed by atoms with Crippen LogP contribution >= 0.6 is 11.6 Å². The van der Waals surface area contributed by atoms with Gasteiger partial charge in [0.05, 0.1) is 15.3 Å². The Bertz CT molecular complexity index is 643. The van der Waals surface area contributed by atoms with Crippen LogP contribution in [0.15, 0.2) is 23.1 Å². The largest absolute Gasteiger partial charge is 0.481 e. The Kier molecular flexibility index (Phi) is 4.04. The van der Waals surface area contributed by atoms with Gasteiger partial charge in [-0.05, 0) is 31.0 Å². The van der Waals surface area contributed by atoms with Crippen molar-refractivity contribution in [3.05, 3.63) is 29.0 Å². The van der Waals surface area contributed by atoms with Crippen molar-refractivity contribution in [3.63, 3.8) is 0 Å². The number of carboxylic acids is 1. The Morgan fingerprint density at radius 1 is 1.45 bits per heavy atom. The minimum absolute atomic E-state index is 0.181. The first-order valence-corrected chi connectivity index (χ1v) is 7.81. The SMILES string of the molecule is O=C(O)C1(CNS(=O)(=O)c2ccc(F)c(Cl)c2)CCC1. The average molecular weight is 322 g/mol. The Morgan fingerprint density at radius 2 is 2.10 bits per heavy atom. The van der Waals surface area contributed by atoms with E-state index in [4.69, 9.17) is 16.7 Å². The van der Waals surface area contributed by atoms with Gasteiger partial charge in [0, 0.05) is 6.54 Å². The number of carboxylic acid groups (broad SMARTS) is 1. The molecule has 0 heterocycles. The van der Waals surface area contributed by atoms with Gasteiger partial charge in [-0.2, -0.15) is 0 Å². The fourth-order valence-corrected chi connectivity index (χ4v) is 3.43. The van der Waals surface area contributed by atoms with Gasteiger partial charge in [-0.1, -0.05) is 18.0 Å². The van der Waals surface area contributed by atoms with E-state index in [9.17, 15) is 17.6 Å². The Labute approximate surface area is 120 Å². The summed E-state index contributed by atoms with van der Waals surface area (Å²) >= 11 is 5.54. The first-order chi connectivity index (χ1) is 9.27. The molecule has 0 saturated heterocycles. The molecule has 0 unspecified atom stereocenters. The molecule has 0 aromatic heterocycles. The number of aliphatic carboxylic acids is 1. The van der Waals surface area contributed by atoms with Gasteiger partial charge in [-0.25, -0.2) is 17.5 Å². The van der Waals surface area contributed by atoms with Crippen LogP contribution in [0.5, 0.6) is 0 Å². The lowest BCUT2D eigenvalue weighted by molar-refractivity contribution is -0.153. The Hall–Kier alpha value is -1.18. The number of halogens is 2. The molecule has 5 nitrogen and oxygen atoms in total. The lowest BCUT2D eigenvalue weighted by atomic mass is 9.69. The molecule has 0 amide bonds. The molecule has 2 N–H and O–H groups in total. The summed E-state index contributed by atoms with van der Waals surface area (Å²) < 4.78 is 39.3. The highest BCUT2D eigenvalue weighted by molar-refractivity contribution is 7.89. The molecule has 1 aromatic rings. The summed E-state index contributed by atoms with van der Waals surface area (Å²) in [4.78, 5) is 11.0. The van der Waals surface area contributed by atoms with Crippen LogP contribution < -0.4 is 4.72 Å². The molecule has 0 atom stereocenters. The summed E-state index contributed by atoms with van der Waals surface area (Å²) in [5, 5.41) is 8.82. The first kappa shape index (κ1) is 15.2. The molecule has 1 aliphatic rings. The van der Waals surface area contributed by atoms with Gasteiger partial charge < -0.3 is 5.11 Å². The molecule has 1 saturated carbocycles. The van der Waals surface area contributed by atoms with E-state index >= 15 is 0 Å². The molecule has 0 radical (unpaired) electrons. The summed E-state index contributed by atoms with van der Waals surface area (Å²) in [5.41, 5.74) is -1.03. The lowest BCUT2D eigenvalue weighted by Gasteiger charge is -2.37. The highest BCUT2D eigenvalue weighted by Crippen LogP contribution is 2.40. The third kappa shape index (κ3) is 2.79. The molecule has 20 heavy (non-hydrogen) atoms. The summed E-state index contributed by atoms with van der Waals surface area (Å²) in [6.45, 7) is -0.181. The van der Waals surface area contributed by atoms with Crippen molar-refractivity contribution in [1.29, 1.82) is 0 Å². The summed E-state index contributed by atoms with van der Waals surface area (Å²) in [6, 6.07) is 3.03. The lowest BCUT2D eigenvalue weighted by Crippen LogP contribution is -2.47. The fraction of sp³-hybridized carbons (Fsp3) is 0.417. The first-order valence-electron chi connectivity index (χ1n) is 5.95. The van der Waals surface area contributed by atoms with E-state index in [1.165, 1.54) is 0 Å². The minimum atomic E-state index is -3.91. The molecular formula is C12H13ClFNO4S. The van der Waals surface area contributed by atoms with Gasteiger partial charge in [0.2, 0.25) is 10.0 Å². The maximum absolute atomic E-state index is 13.0. The van der Waals surface area contributed by atoms with Crippen molar-refractivity contribution in [2.24, 2.45) is 5.41 Å². The molecule has 0 aliphatic heterocycles. The van der Waals surface area contributed by atoms with E-state index in [0.29, 0.717) is 12.8 Å². The summed E-state index contributed by atoms with van der Waals surface area (Å²) in [6.07, 6.45) is 1.64. The summed E-state index contributed by atoms with van der Waals surface area (Å²) in [5.74, 6) is -1.73. The second-order valence-corrected chi connectivity index (χ2v) is 7.01. The Balaban J connectivity index is 2.15. The topological polar surface area (TPSA) is 83.5 Å². The zero-order valence-electron chi connectivity index (χ0n) is 10.4. The highest BCUT2D eigenvalue weighted by Gasteiger charge is 2.45. The van der Waals surface area contributed by atoms with Crippen LogP contribution in [-0.4, -0.2) is 26.0 Å². The van der Waals surface area contributed by atoms with E-state index < -0.39 is 27.2 Å². The van der Waals surface area contributed by atoms with Crippen molar-refractivity contribution < 1.29 is 22.7 Å². The number of benzene rings is 1. The van der Waals surface area contributed by atoms with Gasteiger partial charge >= 0.3 is 5.97 Å². The van der Waals surface area contributed by atoms with Gasteiger partial charge in [0.25, 0.3) is 0 Å². The predicted molar refractivity (Wildman–Crippen MR) is 70.5 cm³/mol. The molecule has 2 rings (SSSR count). The number of sulfonamides is 1. The minimum Gasteiger partial charge on any atom is -0.481 e. The van der Waals surface area contributed by atoms with E-state index in [1.807, 2.05) is 0 Å². The van der Waals surface area contributed by atoms with Crippen molar-refractivity contribution in [2.45, 2.75) is 24.2 Å². The second kappa shape index (κ2) is 5.31. The second-order valence-electron chi connectivity index (χ2n) is 4.84. The van der Waals surface area contributed by atoms with Gasteiger partial charge in [-0.15, -0.1) is 0 Å². The fourth-order valence-electron chi connectivity index (χ4n) is 2.03. The van der Waals surface area contributed by atoms with Crippen LogP contribution in [0, 0.1) is 11.2 Å². The van der Waals surface area contributed by atoms with Crippen LogP contribution in [0.25, 0.3) is 0 Å². The van der Waals surface area contributed by atoms with Gasteiger partial charge in [0.1, 0.15) is 5.82 Å². The van der Waals surface area contributed by atoms with Crippen molar-refractivity contribution in [1.82, 2.24) is 4.72 Å². The number of hydrogen-bond donors (Lipinski definition) is 2. The number of rotatable bonds is 5. The molecule has 8 heteroatoms. The maximum Gasteiger partial charge on any atom is 0.310 e. The van der Waals surface area contributed by atoms with E-state index in [1.54, 1.807) is 0 Å². The average Bonchev–Trinajstić information content (AvgIpc) is 2.30. The van der Waals surface area contributed by atoms with E-state index in [2.05, 4.69) is 4.72 Å². The normalized spacial score (nSPS) is 17.5. The van der Waals surface area contributed by atoms with E-state index in [0.717, 1.165) is 24.6 Å². The smallest absolute Gasteiger partial charge is 0.310 e.